The predicted molar refractivity (Wildman–Crippen MR) is 71.2 cm³/mol. The zero-order valence-electron chi connectivity index (χ0n) is 9.81. The van der Waals surface area contributed by atoms with Gasteiger partial charge in [-0.15, -0.1) is 0 Å². The van der Waals surface area contributed by atoms with E-state index in [1.807, 2.05) is 32.0 Å². The Morgan fingerprint density at radius 3 is 2.88 bits per heavy atom. The first-order chi connectivity index (χ1) is 8.04. The molecule has 1 atom stereocenters. The topological polar surface area (TPSA) is 46.5 Å². The number of carboxylic acid groups (broad SMARTS) is 1. The SMILES string of the molecule is CCC(C)Oc1c(Br)cccc1/C=C/C(=O)O. The zero-order valence-corrected chi connectivity index (χ0v) is 11.4. The van der Waals surface area contributed by atoms with Gasteiger partial charge in [-0.1, -0.05) is 19.1 Å². The highest BCUT2D eigenvalue weighted by atomic mass is 79.9. The van der Waals surface area contributed by atoms with Gasteiger partial charge in [0.2, 0.25) is 0 Å². The fourth-order valence-corrected chi connectivity index (χ4v) is 1.70. The van der Waals surface area contributed by atoms with Crippen molar-refractivity contribution < 1.29 is 14.6 Å². The Morgan fingerprint density at radius 2 is 2.29 bits per heavy atom. The van der Waals surface area contributed by atoms with Crippen LogP contribution in [0.4, 0.5) is 0 Å². The molecule has 3 nitrogen and oxygen atoms in total. The predicted octanol–water partition coefficient (Wildman–Crippen LogP) is 3.72. The first kappa shape index (κ1) is 13.8. The summed E-state index contributed by atoms with van der Waals surface area (Å²) >= 11 is 3.41. The minimum Gasteiger partial charge on any atom is -0.489 e. The molecule has 1 N–H and O–H groups in total. The normalized spacial score (nSPS) is 12.6. The van der Waals surface area contributed by atoms with Crippen molar-refractivity contribution >= 4 is 28.0 Å². The van der Waals surface area contributed by atoms with Crippen molar-refractivity contribution in [1.82, 2.24) is 0 Å². The lowest BCUT2D eigenvalue weighted by Crippen LogP contribution is -2.11. The van der Waals surface area contributed by atoms with Crippen molar-refractivity contribution in [2.45, 2.75) is 26.4 Å². The molecular weight excluding hydrogens is 284 g/mol. The number of carbonyl (C=O) groups is 1. The molecular formula is C13H15BrO3. The third kappa shape index (κ3) is 4.23. The third-order valence-corrected chi connectivity index (χ3v) is 2.92. The van der Waals surface area contributed by atoms with E-state index in [0.29, 0.717) is 5.75 Å². The van der Waals surface area contributed by atoms with Crippen LogP contribution in [0.5, 0.6) is 5.75 Å². The summed E-state index contributed by atoms with van der Waals surface area (Å²) in [6, 6.07) is 5.53. The van der Waals surface area contributed by atoms with Crippen molar-refractivity contribution in [3.8, 4) is 5.75 Å². The molecule has 0 aliphatic heterocycles. The molecule has 4 heteroatoms. The van der Waals surface area contributed by atoms with Gasteiger partial charge in [-0.05, 0) is 41.4 Å². The third-order valence-electron chi connectivity index (χ3n) is 2.30. The molecule has 0 saturated heterocycles. The van der Waals surface area contributed by atoms with Crippen LogP contribution < -0.4 is 4.74 Å². The van der Waals surface area contributed by atoms with Crippen LogP contribution in [-0.2, 0) is 4.79 Å². The van der Waals surface area contributed by atoms with Crippen molar-refractivity contribution in [2.24, 2.45) is 0 Å². The Kier molecular flexibility index (Phi) is 5.22. The summed E-state index contributed by atoms with van der Waals surface area (Å²) in [5, 5.41) is 8.62. The molecule has 0 aliphatic rings. The number of hydrogen-bond donors (Lipinski definition) is 1. The molecule has 1 rings (SSSR count). The van der Waals surface area contributed by atoms with E-state index >= 15 is 0 Å². The highest BCUT2D eigenvalue weighted by Gasteiger charge is 2.09. The van der Waals surface area contributed by atoms with Crippen LogP contribution in [-0.4, -0.2) is 17.2 Å². The molecule has 92 valence electrons. The summed E-state index contributed by atoms with van der Waals surface area (Å²) in [5.41, 5.74) is 0.752. The van der Waals surface area contributed by atoms with Crippen molar-refractivity contribution in [1.29, 1.82) is 0 Å². The lowest BCUT2D eigenvalue weighted by Gasteiger charge is -2.16. The number of ether oxygens (including phenoxy) is 1. The van der Waals surface area contributed by atoms with Gasteiger partial charge in [0.05, 0.1) is 10.6 Å². The zero-order chi connectivity index (χ0) is 12.8. The Hall–Kier alpha value is -1.29. The van der Waals surface area contributed by atoms with E-state index in [9.17, 15) is 4.79 Å². The van der Waals surface area contributed by atoms with Crippen LogP contribution >= 0.6 is 15.9 Å². The largest absolute Gasteiger partial charge is 0.489 e. The Morgan fingerprint density at radius 1 is 1.59 bits per heavy atom. The van der Waals surface area contributed by atoms with Gasteiger partial charge in [0, 0.05) is 11.6 Å². The van der Waals surface area contributed by atoms with Crippen LogP contribution in [0, 0.1) is 0 Å². The average molecular weight is 299 g/mol. The first-order valence-corrected chi connectivity index (χ1v) is 6.20. The number of aliphatic carboxylic acids is 1. The summed E-state index contributed by atoms with van der Waals surface area (Å²) in [5.74, 6) is -0.293. The van der Waals surface area contributed by atoms with Crippen molar-refractivity contribution in [3.05, 3.63) is 34.3 Å². The van der Waals surface area contributed by atoms with E-state index in [1.165, 1.54) is 6.08 Å². The van der Waals surface area contributed by atoms with Gasteiger partial charge >= 0.3 is 5.97 Å². The Balaban J connectivity index is 3.03. The van der Waals surface area contributed by atoms with Gasteiger partial charge < -0.3 is 9.84 Å². The van der Waals surface area contributed by atoms with Crippen LogP contribution in [0.15, 0.2) is 28.7 Å². The van der Waals surface area contributed by atoms with E-state index in [0.717, 1.165) is 22.5 Å². The molecule has 0 saturated carbocycles. The lowest BCUT2D eigenvalue weighted by atomic mass is 10.2. The molecule has 0 amide bonds. The number of rotatable bonds is 5. The van der Waals surface area contributed by atoms with Gasteiger partial charge in [0.25, 0.3) is 0 Å². The van der Waals surface area contributed by atoms with E-state index in [2.05, 4.69) is 15.9 Å². The van der Waals surface area contributed by atoms with E-state index < -0.39 is 5.97 Å². The molecule has 0 heterocycles. The van der Waals surface area contributed by atoms with Gasteiger partial charge in [-0.3, -0.25) is 0 Å². The van der Waals surface area contributed by atoms with Gasteiger partial charge in [-0.25, -0.2) is 4.79 Å². The first-order valence-electron chi connectivity index (χ1n) is 5.40. The smallest absolute Gasteiger partial charge is 0.328 e. The van der Waals surface area contributed by atoms with Gasteiger partial charge in [-0.2, -0.15) is 0 Å². The number of para-hydroxylation sites is 1. The highest BCUT2D eigenvalue weighted by Crippen LogP contribution is 2.31. The maximum atomic E-state index is 10.5. The van der Waals surface area contributed by atoms with E-state index in [4.69, 9.17) is 9.84 Å². The molecule has 17 heavy (non-hydrogen) atoms. The van der Waals surface area contributed by atoms with E-state index in [1.54, 1.807) is 0 Å². The Labute approximate surface area is 109 Å². The second-order valence-electron chi connectivity index (χ2n) is 3.67. The maximum absolute atomic E-state index is 10.5. The standard InChI is InChI=1S/C13H15BrO3/c1-3-9(2)17-13-10(7-8-12(15)16)5-4-6-11(13)14/h4-9H,3H2,1-2H3,(H,15,16)/b8-7+. The molecule has 0 radical (unpaired) electrons. The second-order valence-corrected chi connectivity index (χ2v) is 4.52. The second kappa shape index (κ2) is 6.45. The average Bonchev–Trinajstić information content (AvgIpc) is 2.29. The fraction of sp³-hybridized carbons (Fsp3) is 0.308. The summed E-state index contributed by atoms with van der Waals surface area (Å²) in [6.45, 7) is 4.01. The number of halogens is 1. The minimum absolute atomic E-state index is 0.0886. The number of hydrogen-bond acceptors (Lipinski definition) is 2. The summed E-state index contributed by atoms with van der Waals surface area (Å²) in [4.78, 5) is 10.5. The molecule has 1 unspecified atom stereocenters. The fourth-order valence-electron chi connectivity index (χ4n) is 1.23. The van der Waals surface area contributed by atoms with Crippen LogP contribution in [0.3, 0.4) is 0 Å². The van der Waals surface area contributed by atoms with Gasteiger partial charge in [0.15, 0.2) is 0 Å². The molecule has 0 aromatic heterocycles. The summed E-state index contributed by atoms with van der Waals surface area (Å²) < 4.78 is 6.59. The molecule has 0 aliphatic carbocycles. The number of benzene rings is 1. The molecule has 0 spiro atoms. The quantitative estimate of drug-likeness (QED) is 0.843. The van der Waals surface area contributed by atoms with Crippen LogP contribution in [0.2, 0.25) is 0 Å². The van der Waals surface area contributed by atoms with Crippen molar-refractivity contribution in [2.75, 3.05) is 0 Å². The molecule has 0 bridgehead atoms. The van der Waals surface area contributed by atoms with Crippen molar-refractivity contribution in [3.63, 3.8) is 0 Å². The molecule has 0 fully saturated rings. The highest BCUT2D eigenvalue weighted by molar-refractivity contribution is 9.10. The van der Waals surface area contributed by atoms with E-state index in [-0.39, 0.29) is 6.10 Å². The van der Waals surface area contributed by atoms with Crippen LogP contribution in [0.25, 0.3) is 6.08 Å². The monoisotopic (exact) mass is 298 g/mol. The Bertz CT molecular complexity index is 427. The molecule has 1 aromatic carbocycles. The minimum atomic E-state index is -0.973. The molecule has 1 aromatic rings. The summed E-state index contributed by atoms with van der Waals surface area (Å²) in [6.07, 6.45) is 3.62. The maximum Gasteiger partial charge on any atom is 0.328 e. The number of carboxylic acids is 1. The van der Waals surface area contributed by atoms with Crippen LogP contribution in [0.1, 0.15) is 25.8 Å². The van der Waals surface area contributed by atoms with Gasteiger partial charge in [0.1, 0.15) is 5.75 Å². The summed E-state index contributed by atoms with van der Waals surface area (Å²) in [7, 11) is 0. The lowest BCUT2D eigenvalue weighted by molar-refractivity contribution is -0.131.